The van der Waals surface area contributed by atoms with Crippen LogP contribution in [0.5, 0.6) is 0 Å². The molecule has 0 amide bonds. The van der Waals surface area contributed by atoms with Crippen LogP contribution in [0.25, 0.3) is 11.1 Å². The summed E-state index contributed by atoms with van der Waals surface area (Å²) in [5, 5.41) is 4.45. The van der Waals surface area contributed by atoms with Crippen LogP contribution >= 0.6 is 11.6 Å². The third-order valence-corrected chi connectivity index (χ3v) is 5.69. The van der Waals surface area contributed by atoms with E-state index in [0.717, 1.165) is 0 Å². The van der Waals surface area contributed by atoms with Gasteiger partial charge in [-0.25, -0.2) is 4.79 Å². The Kier molecular flexibility index (Phi) is 6.39. The topological polar surface area (TPSA) is 87.4 Å². The summed E-state index contributed by atoms with van der Waals surface area (Å²) < 4.78 is 25.4. The molecule has 2 aromatic rings. The van der Waals surface area contributed by atoms with Crippen molar-refractivity contribution < 1.29 is 18.6 Å². The number of hydrogen-bond donors (Lipinski definition) is 1. The molecule has 0 aliphatic carbocycles. The van der Waals surface area contributed by atoms with E-state index in [2.05, 4.69) is 9.88 Å². The standard InChI is InChI=1S/C18H23ClN2O4S/c1-10-15(13-8-7-12(19)9-14(13)17(22)24-6)16(25-20-10)11(2)21-26(23)18(3,4)5/h7-9,11,21H,1-6H3/t11-,26-/m0/s1. The molecule has 0 saturated heterocycles. The number of carbonyl (C=O) groups is 1. The van der Waals surface area contributed by atoms with Gasteiger partial charge in [-0.15, -0.1) is 4.72 Å². The van der Waals surface area contributed by atoms with E-state index in [-0.39, 0.29) is 6.04 Å². The highest BCUT2D eigenvalue weighted by molar-refractivity contribution is 7.90. The van der Waals surface area contributed by atoms with Crippen molar-refractivity contribution in [3.8, 4) is 11.1 Å². The minimum atomic E-state index is -1.29. The molecule has 1 aromatic carbocycles. The van der Waals surface area contributed by atoms with Crippen LogP contribution < -0.4 is 4.72 Å². The van der Waals surface area contributed by atoms with Gasteiger partial charge in [-0.2, -0.15) is 0 Å². The Hall–Kier alpha value is -1.54. The van der Waals surface area contributed by atoms with Gasteiger partial charge in [-0.05, 0) is 46.8 Å². The second kappa shape index (κ2) is 8.00. The minimum Gasteiger partial charge on any atom is -0.598 e. The summed E-state index contributed by atoms with van der Waals surface area (Å²) in [6.07, 6.45) is 0. The molecule has 1 N–H and O–H groups in total. The zero-order valence-electron chi connectivity index (χ0n) is 15.7. The number of rotatable bonds is 5. The second-order valence-corrected chi connectivity index (χ2v) is 9.34. The second-order valence-electron chi connectivity index (χ2n) is 6.91. The van der Waals surface area contributed by atoms with Crippen LogP contribution in [0.15, 0.2) is 22.7 Å². The molecule has 0 fully saturated rings. The third-order valence-electron chi connectivity index (χ3n) is 3.78. The zero-order valence-corrected chi connectivity index (χ0v) is 17.2. The van der Waals surface area contributed by atoms with Gasteiger partial charge in [0.05, 0.1) is 23.9 Å². The fraction of sp³-hybridized carbons (Fsp3) is 0.444. The summed E-state index contributed by atoms with van der Waals surface area (Å²) in [4.78, 5) is 12.2. The number of aromatic nitrogens is 1. The Bertz CT molecular complexity index is 801. The first kappa shape index (κ1) is 20.8. The molecule has 2 atom stereocenters. The van der Waals surface area contributed by atoms with E-state index in [9.17, 15) is 9.35 Å². The van der Waals surface area contributed by atoms with Gasteiger partial charge in [0.1, 0.15) is 10.8 Å². The lowest BCUT2D eigenvalue weighted by Crippen LogP contribution is -2.40. The number of nitrogens with zero attached hydrogens (tertiary/aromatic N) is 1. The summed E-state index contributed by atoms with van der Waals surface area (Å²) in [6.45, 7) is 9.25. The van der Waals surface area contributed by atoms with Crippen LogP contribution in [-0.2, 0) is 16.1 Å². The summed E-state index contributed by atoms with van der Waals surface area (Å²) in [7, 11) is 1.31. The molecule has 26 heavy (non-hydrogen) atoms. The lowest BCUT2D eigenvalue weighted by Gasteiger charge is -2.26. The lowest BCUT2D eigenvalue weighted by atomic mass is 9.96. The maximum absolute atomic E-state index is 12.4. The molecular weight excluding hydrogens is 376 g/mol. The first-order valence-corrected chi connectivity index (χ1v) is 9.61. The van der Waals surface area contributed by atoms with Crippen molar-refractivity contribution in [2.24, 2.45) is 0 Å². The van der Waals surface area contributed by atoms with E-state index in [1.165, 1.54) is 7.11 Å². The normalized spacial score (nSPS) is 14.2. The van der Waals surface area contributed by atoms with Crippen molar-refractivity contribution in [3.05, 3.63) is 40.2 Å². The summed E-state index contributed by atoms with van der Waals surface area (Å²) in [6, 6.07) is 4.58. The van der Waals surface area contributed by atoms with Crippen LogP contribution in [0.3, 0.4) is 0 Å². The van der Waals surface area contributed by atoms with E-state index in [1.807, 2.05) is 27.7 Å². The van der Waals surface area contributed by atoms with Crippen LogP contribution in [0.4, 0.5) is 0 Å². The smallest absolute Gasteiger partial charge is 0.338 e. The highest BCUT2D eigenvalue weighted by atomic mass is 35.5. The number of hydrogen-bond acceptors (Lipinski definition) is 6. The molecule has 1 heterocycles. The molecule has 0 spiro atoms. The van der Waals surface area contributed by atoms with Gasteiger partial charge < -0.3 is 13.8 Å². The fourth-order valence-electron chi connectivity index (χ4n) is 2.41. The first-order valence-electron chi connectivity index (χ1n) is 8.08. The highest BCUT2D eigenvalue weighted by Gasteiger charge is 2.32. The molecule has 0 radical (unpaired) electrons. The summed E-state index contributed by atoms with van der Waals surface area (Å²) in [5.74, 6) is -0.0134. The molecule has 6 nitrogen and oxygen atoms in total. The number of methoxy groups -OCH3 is 1. The third kappa shape index (κ3) is 4.40. The van der Waals surface area contributed by atoms with Gasteiger partial charge >= 0.3 is 5.97 Å². The Labute approximate surface area is 161 Å². The van der Waals surface area contributed by atoms with E-state index in [0.29, 0.717) is 33.2 Å². The predicted molar refractivity (Wildman–Crippen MR) is 102 cm³/mol. The molecular formula is C18H23ClN2O4S. The van der Waals surface area contributed by atoms with Crippen molar-refractivity contribution in [2.75, 3.05) is 7.11 Å². The van der Waals surface area contributed by atoms with Crippen molar-refractivity contribution in [2.45, 2.75) is 45.4 Å². The van der Waals surface area contributed by atoms with Crippen molar-refractivity contribution in [1.82, 2.24) is 9.88 Å². The Morgan fingerprint density at radius 2 is 2.08 bits per heavy atom. The van der Waals surface area contributed by atoms with E-state index in [4.69, 9.17) is 20.9 Å². The molecule has 1 aromatic heterocycles. The molecule has 0 aliphatic rings. The van der Waals surface area contributed by atoms with Gasteiger partial charge in [-0.3, -0.25) is 0 Å². The van der Waals surface area contributed by atoms with Gasteiger partial charge in [0, 0.05) is 21.9 Å². The number of ether oxygens (including phenoxy) is 1. The number of benzene rings is 1. The van der Waals surface area contributed by atoms with E-state index in [1.54, 1.807) is 25.1 Å². The van der Waals surface area contributed by atoms with Crippen LogP contribution in [0.2, 0.25) is 5.02 Å². The van der Waals surface area contributed by atoms with Gasteiger partial charge in [0.25, 0.3) is 0 Å². The van der Waals surface area contributed by atoms with Crippen molar-refractivity contribution in [3.63, 3.8) is 0 Å². The Balaban J connectivity index is 2.50. The molecule has 0 unspecified atom stereocenters. The van der Waals surface area contributed by atoms with Gasteiger partial charge in [0.2, 0.25) is 0 Å². The summed E-state index contributed by atoms with van der Waals surface area (Å²) >= 11 is 4.75. The zero-order chi connectivity index (χ0) is 19.6. The largest absolute Gasteiger partial charge is 0.598 e. The van der Waals surface area contributed by atoms with E-state index >= 15 is 0 Å². The number of halogens is 1. The van der Waals surface area contributed by atoms with Crippen LogP contribution in [-0.4, -0.2) is 27.5 Å². The highest BCUT2D eigenvalue weighted by Crippen LogP contribution is 2.35. The van der Waals surface area contributed by atoms with Gasteiger partial charge in [-0.1, -0.05) is 22.8 Å². The van der Waals surface area contributed by atoms with Crippen molar-refractivity contribution in [1.29, 1.82) is 0 Å². The van der Waals surface area contributed by atoms with Gasteiger partial charge in [0.15, 0.2) is 5.76 Å². The van der Waals surface area contributed by atoms with Crippen molar-refractivity contribution >= 4 is 28.9 Å². The fourth-order valence-corrected chi connectivity index (χ4v) is 3.37. The average molecular weight is 399 g/mol. The monoisotopic (exact) mass is 398 g/mol. The molecule has 0 aliphatic heterocycles. The Morgan fingerprint density at radius 3 is 2.65 bits per heavy atom. The van der Waals surface area contributed by atoms with Crippen LogP contribution in [0, 0.1) is 6.92 Å². The van der Waals surface area contributed by atoms with E-state index < -0.39 is 22.1 Å². The quantitative estimate of drug-likeness (QED) is 0.599. The molecule has 142 valence electrons. The minimum absolute atomic E-state index is 0.316. The maximum Gasteiger partial charge on any atom is 0.338 e. The SMILES string of the molecule is COC(=O)c1cc(Cl)ccc1-c1c(C)noc1[C@H](C)N[S@@+]([O-])C(C)(C)C. The molecule has 0 bridgehead atoms. The predicted octanol–water partition coefficient (Wildman–Crippen LogP) is 4.20. The molecule has 8 heteroatoms. The summed E-state index contributed by atoms with van der Waals surface area (Å²) in [5.41, 5.74) is 2.19. The number of aryl methyl sites for hydroxylation is 1. The first-order chi connectivity index (χ1) is 12.1. The number of nitrogens with one attached hydrogen (secondary N) is 1. The average Bonchev–Trinajstić information content (AvgIpc) is 2.94. The number of esters is 1. The maximum atomic E-state index is 12.4. The Morgan fingerprint density at radius 1 is 1.42 bits per heavy atom. The lowest BCUT2D eigenvalue weighted by molar-refractivity contribution is 0.0601. The molecule has 2 rings (SSSR count). The molecule has 0 saturated carbocycles. The number of carbonyl (C=O) groups excluding carboxylic acids is 1. The van der Waals surface area contributed by atoms with Crippen LogP contribution in [0.1, 0.15) is 55.5 Å².